The highest BCUT2D eigenvalue weighted by Gasteiger charge is 2.29. The van der Waals surface area contributed by atoms with E-state index in [0.717, 1.165) is 5.69 Å². The quantitative estimate of drug-likeness (QED) is 0.743. The summed E-state index contributed by atoms with van der Waals surface area (Å²) in [7, 11) is 0. The number of aryl methyl sites for hydroxylation is 1. The fourth-order valence-electron chi connectivity index (χ4n) is 2.00. The van der Waals surface area contributed by atoms with Gasteiger partial charge in [-0.2, -0.15) is 0 Å². The molecule has 0 aromatic carbocycles. The van der Waals surface area contributed by atoms with E-state index in [1.54, 1.807) is 13.1 Å². The molecule has 2 aromatic rings. The Kier molecular flexibility index (Phi) is 4.06. The van der Waals surface area contributed by atoms with Crippen LogP contribution in [0.1, 0.15) is 29.5 Å². The van der Waals surface area contributed by atoms with Crippen molar-refractivity contribution in [3.05, 3.63) is 35.8 Å². The summed E-state index contributed by atoms with van der Waals surface area (Å²) in [6.07, 6.45) is 2.08. The van der Waals surface area contributed by atoms with Crippen molar-refractivity contribution in [3.8, 4) is 0 Å². The van der Waals surface area contributed by atoms with Crippen molar-refractivity contribution in [2.45, 2.75) is 25.8 Å². The summed E-state index contributed by atoms with van der Waals surface area (Å²) in [5, 5.41) is 21.4. The van der Waals surface area contributed by atoms with Gasteiger partial charge in [0, 0.05) is 11.9 Å². The number of aromatic nitrogens is 2. The minimum Gasteiger partial charge on any atom is -0.394 e. The summed E-state index contributed by atoms with van der Waals surface area (Å²) in [4.78, 5) is 16.5. The third-order valence-corrected chi connectivity index (χ3v) is 3.59. The smallest absolute Gasteiger partial charge is 0.272 e. The van der Waals surface area contributed by atoms with E-state index < -0.39 is 11.4 Å². The van der Waals surface area contributed by atoms with E-state index in [2.05, 4.69) is 10.3 Å². The molecule has 2 rings (SSSR count). The predicted molar refractivity (Wildman–Crippen MR) is 74.6 cm³/mol. The van der Waals surface area contributed by atoms with Gasteiger partial charge in [0.2, 0.25) is 0 Å². The van der Waals surface area contributed by atoms with Crippen molar-refractivity contribution in [1.82, 2.24) is 14.7 Å². The maximum atomic E-state index is 12.2. The van der Waals surface area contributed by atoms with E-state index >= 15 is 0 Å². The molecular formula is C14H19N3O3. The molecule has 0 spiro atoms. The van der Waals surface area contributed by atoms with Gasteiger partial charge in [0.25, 0.3) is 5.91 Å². The van der Waals surface area contributed by atoms with E-state index in [0.29, 0.717) is 12.1 Å². The molecule has 0 saturated carbocycles. The van der Waals surface area contributed by atoms with Crippen LogP contribution in [0.5, 0.6) is 0 Å². The van der Waals surface area contributed by atoms with Gasteiger partial charge in [-0.05, 0) is 25.5 Å². The van der Waals surface area contributed by atoms with Gasteiger partial charge in [0.1, 0.15) is 11.3 Å². The number of hydrogen-bond donors (Lipinski definition) is 3. The summed E-state index contributed by atoms with van der Waals surface area (Å²) in [6, 6.07) is 5.61. The number of aliphatic hydroxyl groups excluding tert-OH is 2. The molecule has 3 N–H and O–H groups in total. The molecule has 0 bridgehead atoms. The molecule has 2 heterocycles. The standard InChI is InChI=1S/C14H19N3O3/c1-3-14(8-18,9-19)16-13(20)11-7-17-10(2)5-4-6-12(17)15-11/h4-7,18-19H,3,8-9H2,1-2H3,(H,16,20). The first kappa shape index (κ1) is 14.5. The minimum absolute atomic E-state index is 0.263. The van der Waals surface area contributed by atoms with Crippen molar-refractivity contribution in [2.24, 2.45) is 0 Å². The SMILES string of the molecule is CCC(CO)(CO)NC(=O)c1cn2c(C)cccc2n1. The lowest BCUT2D eigenvalue weighted by Gasteiger charge is -2.29. The number of carbonyl (C=O) groups excluding carboxylic acids is 1. The lowest BCUT2D eigenvalue weighted by Crippen LogP contribution is -2.53. The van der Waals surface area contributed by atoms with Gasteiger partial charge >= 0.3 is 0 Å². The highest BCUT2D eigenvalue weighted by molar-refractivity contribution is 5.93. The maximum absolute atomic E-state index is 12.2. The summed E-state index contributed by atoms with van der Waals surface area (Å²) in [5.74, 6) is -0.405. The lowest BCUT2D eigenvalue weighted by molar-refractivity contribution is 0.0649. The Morgan fingerprint density at radius 1 is 1.40 bits per heavy atom. The Morgan fingerprint density at radius 3 is 2.65 bits per heavy atom. The van der Waals surface area contributed by atoms with E-state index in [-0.39, 0.29) is 18.9 Å². The first-order chi connectivity index (χ1) is 9.55. The number of fused-ring (bicyclic) bond motifs is 1. The van der Waals surface area contributed by atoms with Crippen LogP contribution in [0, 0.1) is 6.92 Å². The van der Waals surface area contributed by atoms with Gasteiger partial charge < -0.3 is 19.9 Å². The molecule has 0 aliphatic heterocycles. The summed E-state index contributed by atoms with van der Waals surface area (Å²) < 4.78 is 1.82. The van der Waals surface area contributed by atoms with E-state index in [9.17, 15) is 15.0 Å². The predicted octanol–water partition coefficient (Wildman–Crippen LogP) is 0.506. The van der Waals surface area contributed by atoms with E-state index in [4.69, 9.17) is 0 Å². The van der Waals surface area contributed by atoms with Gasteiger partial charge in [-0.1, -0.05) is 13.0 Å². The van der Waals surface area contributed by atoms with Gasteiger partial charge in [-0.3, -0.25) is 4.79 Å². The molecule has 0 saturated heterocycles. The number of rotatable bonds is 5. The van der Waals surface area contributed by atoms with Crippen LogP contribution in [-0.4, -0.2) is 44.3 Å². The van der Waals surface area contributed by atoms with Crippen molar-refractivity contribution in [3.63, 3.8) is 0 Å². The van der Waals surface area contributed by atoms with Crippen LogP contribution in [0.4, 0.5) is 0 Å². The topological polar surface area (TPSA) is 86.9 Å². The first-order valence-electron chi connectivity index (χ1n) is 6.54. The van der Waals surface area contributed by atoms with Crippen molar-refractivity contribution < 1.29 is 15.0 Å². The first-order valence-corrected chi connectivity index (χ1v) is 6.54. The summed E-state index contributed by atoms with van der Waals surface area (Å²) >= 11 is 0. The second-order valence-electron chi connectivity index (χ2n) is 4.93. The molecular weight excluding hydrogens is 258 g/mol. The van der Waals surface area contributed by atoms with Crippen molar-refractivity contribution in [2.75, 3.05) is 13.2 Å². The number of hydrogen-bond acceptors (Lipinski definition) is 4. The number of pyridine rings is 1. The monoisotopic (exact) mass is 277 g/mol. The van der Waals surface area contributed by atoms with E-state index in [1.807, 2.05) is 29.5 Å². The van der Waals surface area contributed by atoms with E-state index in [1.165, 1.54) is 0 Å². The average Bonchev–Trinajstić information content (AvgIpc) is 2.90. The number of aliphatic hydroxyl groups is 2. The number of carbonyl (C=O) groups is 1. The van der Waals surface area contributed by atoms with Crippen LogP contribution in [0.3, 0.4) is 0 Å². The molecule has 0 aliphatic rings. The molecule has 0 unspecified atom stereocenters. The van der Waals surface area contributed by atoms with Gasteiger partial charge in [-0.15, -0.1) is 0 Å². The molecule has 6 heteroatoms. The second-order valence-corrected chi connectivity index (χ2v) is 4.93. The highest BCUT2D eigenvalue weighted by atomic mass is 16.3. The summed E-state index contributed by atoms with van der Waals surface area (Å²) in [6.45, 7) is 3.07. The van der Waals surface area contributed by atoms with Crippen molar-refractivity contribution in [1.29, 1.82) is 0 Å². The Balaban J connectivity index is 2.30. The highest BCUT2D eigenvalue weighted by Crippen LogP contribution is 2.12. The Morgan fingerprint density at radius 2 is 2.10 bits per heavy atom. The molecule has 0 fully saturated rings. The third kappa shape index (κ3) is 2.52. The maximum Gasteiger partial charge on any atom is 0.272 e. The normalized spacial score (nSPS) is 11.8. The van der Waals surface area contributed by atoms with Crippen LogP contribution < -0.4 is 5.32 Å². The van der Waals surface area contributed by atoms with Gasteiger partial charge in [0.15, 0.2) is 0 Å². The van der Waals surface area contributed by atoms with Crippen LogP contribution >= 0.6 is 0 Å². The molecule has 20 heavy (non-hydrogen) atoms. The zero-order chi connectivity index (χ0) is 14.8. The largest absolute Gasteiger partial charge is 0.394 e. The lowest BCUT2D eigenvalue weighted by atomic mass is 9.98. The average molecular weight is 277 g/mol. The van der Waals surface area contributed by atoms with Crippen LogP contribution in [0.15, 0.2) is 24.4 Å². The molecule has 6 nitrogen and oxygen atoms in total. The van der Waals surface area contributed by atoms with Gasteiger partial charge in [0.05, 0.1) is 18.8 Å². The number of amides is 1. The minimum atomic E-state index is -1.01. The number of nitrogens with zero attached hydrogens (tertiary/aromatic N) is 2. The Hall–Kier alpha value is -1.92. The van der Waals surface area contributed by atoms with Crippen molar-refractivity contribution >= 4 is 11.6 Å². The van der Waals surface area contributed by atoms with Crippen LogP contribution in [0.25, 0.3) is 5.65 Å². The second kappa shape index (κ2) is 5.60. The fraction of sp³-hybridized carbons (Fsp3) is 0.429. The molecule has 0 aliphatic carbocycles. The number of imidazole rings is 1. The molecule has 108 valence electrons. The molecule has 1 amide bonds. The number of nitrogens with one attached hydrogen (secondary N) is 1. The fourth-order valence-corrected chi connectivity index (χ4v) is 2.00. The molecule has 0 atom stereocenters. The summed E-state index contributed by atoms with van der Waals surface area (Å²) in [5.41, 5.74) is 0.909. The zero-order valence-electron chi connectivity index (χ0n) is 11.6. The third-order valence-electron chi connectivity index (χ3n) is 3.59. The molecule has 2 aromatic heterocycles. The zero-order valence-corrected chi connectivity index (χ0v) is 11.6. The molecule has 0 radical (unpaired) electrons. The van der Waals surface area contributed by atoms with Crippen LogP contribution in [0.2, 0.25) is 0 Å². The van der Waals surface area contributed by atoms with Crippen LogP contribution in [-0.2, 0) is 0 Å². The van der Waals surface area contributed by atoms with Gasteiger partial charge in [-0.25, -0.2) is 4.98 Å². The Labute approximate surface area is 117 Å². The Bertz CT molecular complexity index is 609.